The summed E-state index contributed by atoms with van der Waals surface area (Å²) in [6.07, 6.45) is 0.477. The number of hydrogen-bond acceptors (Lipinski definition) is 3. The zero-order valence-corrected chi connectivity index (χ0v) is 12.1. The minimum atomic E-state index is -0.461. The van der Waals surface area contributed by atoms with Crippen LogP contribution in [0.15, 0.2) is 60.7 Å². The fourth-order valence-corrected chi connectivity index (χ4v) is 3.21. The van der Waals surface area contributed by atoms with Crippen LogP contribution in [0.4, 0.5) is 0 Å². The standard InChI is InChI=1S/C18H20N2O/c1-20-15(13-8-4-2-5-9-13)12-16(21)17(19)18(20)14-10-6-3-7-11-14/h2-11,15,17-18H,12,19H2,1H3/t15-,17+,18+/m1/s1. The van der Waals surface area contributed by atoms with E-state index in [-0.39, 0.29) is 17.9 Å². The van der Waals surface area contributed by atoms with E-state index < -0.39 is 6.04 Å². The number of piperidine rings is 1. The molecule has 0 bridgehead atoms. The Morgan fingerprint density at radius 2 is 1.48 bits per heavy atom. The highest BCUT2D eigenvalue weighted by atomic mass is 16.1. The van der Waals surface area contributed by atoms with Crippen molar-refractivity contribution in [2.75, 3.05) is 7.05 Å². The van der Waals surface area contributed by atoms with Crippen LogP contribution >= 0.6 is 0 Å². The molecule has 0 unspecified atom stereocenters. The third-order valence-electron chi connectivity index (χ3n) is 4.36. The summed E-state index contributed by atoms with van der Waals surface area (Å²) in [4.78, 5) is 14.6. The molecule has 0 radical (unpaired) electrons. The van der Waals surface area contributed by atoms with Gasteiger partial charge in [-0.05, 0) is 18.2 Å². The highest BCUT2D eigenvalue weighted by Crippen LogP contribution is 2.38. The van der Waals surface area contributed by atoms with Crippen molar-refractivity contribution >= 4 is 5.78 Å². The molecular weight excluding hydrogens is 260 g/mol. The van der Waals surface area contributed by atoms with E-state index >= 15 is 0 Å². The fourth-order valence-electron chi connectivity index (χ4n) is 3.21. The lowest BCUT2D eigenvalue weighted by molar-refractivity contribution is -0.127. The number of benzene rings is 2. The molecule has 0 spiro atoms. The summed E-state index contributed by atoms with van der Waals surface area (Å²) in [5, 5.41) is 0. The van der Waals surface area contributed by atoms with Crippen LogP contribution in [-0.2, 0) is 4.79 Å². The van der Waals surface area contributed by atoms with Gasteiger partial charge in [0.05, 0.1) is 12.1 Å². The number of carbonyl (C=O) groups is 1. The van der Waals surface area contributed by atoms with Gasteiger partial charge < -0.3 is 5.73 Å². The molecule has 1 aliphatic rings. The van der Waals surface area contributed by atoms with Crippen LogP contribution in [0.3, 0.4) is 0 Å². The fraction of sp³-hybridized carbons (Fsp3) is 0.278. The Bertz CT molecular complexity index is 612. The first-order valence-corrected chi connectivity index (χ1v) is 7.28. The SMILES string of the molecule is CN1[C@@H](c2ccccc2)CC(=O)[C@H](N)[C@@H]1c1ccccc1. The van der Waals surface area contributed by atoms with Crippen molar-refractivity contribution in [1.29, 1.82) is 0 Å². The minimum absolute atomic E-state index is 0.0716. The van der Waals surface area contributed by atoms with Gasteiger partial charge in [0.1, 0.15) is 0 Å². The van der Waals surface area contributed by atoms with Gasteiger partial charge in [-0.1, -0.05) is 60.7 Å². The average Bonchev–Trinajstić information content (AvgIpc) is 2.53. The molecule has 3 heteroatoms. The monoisotopic (exact) mass is 280 g/mol. The number of nitrogens with zero attached hydrogens (tertiary/aromatic N) is 1. The summed E-state index contributed by atoms with van der Waals surface area (Å²) in [6, 6.07) is 19.8. The van der Waals surface area contributed by atoms with Crippen LogP contribution in [0.1, 0.15) is 29.6 Å². The van der Waals surface area contributed by atoms with Crippen molar-refractivity contribution in [2.24, 2.45) is 5.73 Å². The summed E-state index contributed by atoms with van der Waals surface area (Å²) in [5.41, 5.74) is 8.46. The van der Waals surface area contributed by atoms with Crippen LogP contribution in [0, 0.1) is 0 Å². The van der Waals surface area contributed by atoms with E-state index in [0.29, 0.717) is 6.42 Å². The quantitative estimate of drug-likeness (QED) is 0.920. The maximum Gasteiger partial charge on any atom is 0.153 e. The molecule has 0 aromatic heterocycles. The van der Waals surface area contributed by atoms with E-state index in [0.717, 1.165) is 5.56 Å². The summed E-state index contributed by atoms with van der Waals surface area (Å²) in [5.74, 6) is 0.135. The highest BCUT2D eigenvalue weighted by Gasteiger charge is 2.39. The van der Waals surface area contributed by atoms with E-state index in [1.54, 1.807) is 0 Å². The predicted octanol–water partition coefficient (Wildman–Crippen LogP) is 2.70. The van der Waals surface area contributed by atoms with Crippen molar-refractivity contribution in [3.63, 3.8) is 0 Å². The number of rotatable bonds is 2. The van der Waals surface area contributed by atoms with Crippen LogP contribution in [0.5, 0.6) is 0 Å². The summed E-state index contributed by atoms with van der Waals surface area (Å²) in [6.45, 7) is 0. The van der Waals surface area contributed by atoms with Gasteiger partial charge in [-0.25, -0.2) is 0 Å². The van der Waals surface area contributed by atoms with E-state index in [9.17, 15) is 4.79 Å². The lowest BCUT2D eigenvalue weighted by atomic mass is 9.84. The molecule has 1 aliphatic heterocycles. The summed E-state index contributed by atoms with van der Waals surface area (Å²) < 4.78 is 0. The number of likely N-dealkylation sites (N-methyl/N-ethyl adjacent to an activating group) is 1. The lowest BCUT2D eigenvalue weighted by Gasteiger charge is -2.42. The number of nitrogens with two attached hydrogens (primary N) is 1. The summed E-state index contributed by atoms with van der Waals surface area (Å²) in [7, 11) is 2.06. The Kier molecular flexibility index (Phi) is 3.86. The second-order valence-corrected chi connectivity index (χ2v) is 5.64. The Morgan fingerprint density at radius 1 is 0.952 bits per heavy atom. The van der Waals surface area contributed by atoms with Crippen LogP contribution in [0.2, 0.25) is 0 Å². The molecule has 108 valence electrons. The van der Waals surface area contributed by atoms with Crippen molar-refractivity contribution < 1.29 is 4.79 Å². The van der Waals surface area contributed by atoms with E-state index in [4.69, 9.17) is 5.73 Å². The Labute approximate surface area is 125 Å². The van der Waals surface area contributed by atoms with Gasteiger partial charge in [-0.2, -0.15) is 0 Å². The van der Waals surface area contributed by atoms with Gasteiger partial charge in [-0.15, -0.1) is 0 Å². The molecule has 1 fully saturated rings. The van der Waals surface area contributed by atoms with E-state index in [1.807, 2.05) is 48.5 Å². The molecule has 3 rings (SSSR count). The third kappa shape index (κ3) is 2.62. The van der Waals surface area contributed by atoms with E-state index in [1.165, 1.54) is 5.56 Å². The zero-order valence-electron chi connectivity index (χ0n) is 12.1. The van der Waals surface area contributed by atoms with Crippen LogP contribution in [-0.4, -0.2) is 23.8 Å². The Balaban J connectivity index is 1.98. The zero-order chi connectivity index (χ0) is 14.8. The van der Waals surface area contributed by atoms with Crippen molar-refractivity contribution in [1.82, 2.24) is 4.90 Å². The molecule has 2 aromatic carbocycles. The first-order valence-electron chi connectivity index (χ1n) is 7.28. The molecule has 21 heavy (non-hydrogen) atoms. The molecule has 3 atom stereocenters. The maximum atomic E-state index is 12.4. The summed E-state index contributed by atoms with van der Waals surface area (Å²) >= 11 is 0. The smallest absolute Gasteiger partial charge is 0.153 e. The number of hydrogen-bond donors (Lipinski definition) is 1. The normalized spacial score (nSPS) is 26.8. The number of Topliss-reactive ketones (excluding diaryl/α,β-unsaturated/α-hetero) is 1. The molecule has 1 heterocycles. The van der Waals surface area contributed by atoms with Crippen LogP contribution in [0.25, 0.3) is 0 Å². The van der Waals surface area contributed by atoms with Gasteiger partial charge >= 0.3 is 0 Å². The Hall–Kier alpha value is -1.97. The topological polar surface area (TPSA) is 46.3 Å². The number of likely N-dealkylation sites (tertiary alicyclic amines) is 1. The number of carbonyl (C=O) groups excluding carboxylic acids is 1. The first kappa shape index (κ1) is 14.0. The van der Waals surface area contributed by atoms with Gasteiger partial charge in [0.15, 0.2) is 5.78 Å². The lowest BCUT2D eigenvalue weighted by Crippen LogP contribution is -2.51. The second-order valence-electron chi connectivity index (χ2n) is 5.64. The molecule has 2 N–H and O–H groups in total. The van der Waals surface area contributed by atoms with Crippen LogP contribution < -0.4 is 5.73 Å². The van der Waals surface area contributed by atoms with Gasteiger partial charge in [0.25, 0.3) is 0 Å². The van der Waals surface area contributed by atoms with Gasteiger partial charge in [0, 0.05) is 12.5 Å². The average molecular weight is 280 g/mol. The molecule has 0 saturated carbocycles. The molecule has 2 aromatic rings. The van der Waals surface area contributed by atoms with Crippen molar-refractivity contribution in [3.8, 4) is 0 Å². The maximum absolute atomic E-state index is 12.4. The highest BCUT2D eigenvalue weighted by molar-refractivity contribution is 5.86. The predicted molar refractivity (Wildman–Crippen MR) is 83.7 cm³/mol. The Morgan fingerprint density at radius 3 is 2.05 bits per heavy atom. The molecule has 0 aliphatic carbocycles. The molecular formula is C18H20N2O. The molecule has 0 amide bonds. The molecule has 3 nitrogen and oxygen atoms in total. The first-order chi connectivity index (χ1) is 10.2. The van der Waals surface area contributed by atoms with Crippen molar-refractivity contribution in [2.45, 2.75) is 24.5 Å². The van der Waals surface area contributed by atoms with Crippen molar-refractivity contribution in [3.05, 3.63) is 71.8 Å². The van der Waals surface area contributed by atoms with E-state index in [2.05, 4.69) is 24.1 Å². The molecule has 1 saturated heterocycles. The third-order valence-corrected chi connectivity index (χ3v) is 4.36. The largest absolute Gasteiger partial charge is 0.320 e. The second kappa shape index (κ2) is 5.80. The van der Waals surface area contributed by atoms with Gasteiger partial charge in [-0.3, -0.25) is 9.69 Å². The number of ketones is 1. The minimum Gasteiger partial charge on any atom is -0.320 e. The van der Waals surface area contributed by atoms with Gasteiger partial charge in [0.2, 0.25) is 0 Å².